The van der Waals surface area contributed by atoms with Crippen LogP contribution in [0, 0.1) is 18.2 Å². The second kappa shape index (κ2) is 9.55. The molecule has 3 aromatic rings. The van der Waals surface area contributed by atoms with E-state index >= 15 is 0 Å². The van der Waals surface area contributed by atoms with Crippen molar-refractivity contribution < 1.29 is 19.0 Å². The average Bonchev–Trinajstić information content (AvgIpc) is 3.23. The van der Waals surface area contributed by atoms with E-state index in [2.05, 4.69) is 14.8 Å². The van der Waals surface area contributed by atoms with Crippen LogP contribution in [0.4, 0.5) is 10.1 Å². The third-order valence-corrected chi connectivity index (χ3v) is 9.95. The Bertz CT molecular complexity index is 1390. The fourth-order valence-electron chi connectivity index (χ4n) is 7.08. The summed E-state index contributed by atoms with van der Waals surface area (Å²) in [5.74, 6) is -1.02. The van der Waals surface area contributed by atoms with Crippen molar-refractivity contribution in [2.24, 2.45) is 5.41 Å². The number of aromatic nitrogens is 3. The highest BCUT2D eigenvalue weighted by molar-refractivity contribution is 6.01. The lowest BCUT2D eigenvalue weighted by atomic mass is 9.71. The van der Waals surface area contributed by atoms with Gasteiger partial charge >= 0.3 is 5.97 Å². The molecular formula is C30H36FN5O3. The number of likely N-dealkylation sites (tertiary alicyclic amines) is 1. The number of carboxylic acids is 1. The lowest BCUT2D eigenvalue weighted by molar-refractivity contribution is -0.0834. The molecule has 0 amide bonds. The van der Waals surface area contributed by atoms with Gasteiger partial charge in [-0.3, -0.25) is 4.90 Å². The second-order valence-electron chi connectivity index (χ2n) is 12.1. The first kappa shape index (κ1) is 25.0. The van der Waals surface area contributed by atoms with Crippen LogP contribution in [0.3, 0.4) is 0 Å². The summed E-state index contributed by atoms with van der Waals surface area (Å²) < 4.78 is 20.9. The molecule has 3 saturated heterocycles. The summed E-state index contributed by atoms with van der Waals surface area (Å²) in [6, 6.07) is 6.78. The molecule has 4 fully saturated rings. The normalized spacial score (nSPS) is 22.3. The van der Waals surface area contributed by atoms with Gasteiger partial charge in [-0.25, -0.2) is 18.9 Å². The smallest absolute Gasteiger partial charge is 0.354 e. The molecule has 1 saturated carbocycles. The fourth-order valence-corrected chi connectivity index (χ4v) is 7.08. The van der Waals surface area contributed by atoms with Crippen molar-refractivity contribution in [2.45, 2.75) is 63.8 Å². The summed E-state index contributed by atoms with van der Waals surface area (Å²) in [5.41, 5.74) is 4.36. The van der Waals surface area contributed by atoms with Gasteiger partial charge in [-0.2, -0.15) is 5.10 Å². The molecule has 8 nitrogen and oxygen atoms in total. The van der Waals surface area contributed by atoms with Gasteiger partial charge in [-0.05, 0) is 88.2 Å². The van der Waals surface area contributed by atoms with E-state index in [-0.39, 0.29) is 11.5 Å². The Hall–Kier alpha value is -3.04. The van der Waals surface area contributed by atoms with Crippen LogP contribution in [0.2, 0.25) is 0 Å². The number of hydrogen-bond donors (Lipinski definition) is 1. The number of rotatable bonds is 5. The van der Waals surface area contributed by atoms with E-state index in [0.29, 0.717) is 34.3 Å². The third kappa shape index (κ3) is 4.21. The summed E-state index contributed by atoms with van der Waals surface area (Å²) >= 11 is 0. The van der Waals surface area contributed by atoms with Gasteiger partial charge in [0.1, 0.15) is 5.82 Å². The summed E-state index contributed by atoms with van der Waals surface area (Å²) in [5, 5.41) is 16.1. The third-order valence-electron chi connectivity index (χ3n) is 9.95. The van der Waals surface area contributed by atoms with E-state index in [1.807, 2.05) is 6.92 Å². The lowest BCUT2D eigenvalue weighted by Gasteiger charge is -2.50. The molecule has 1 aromatic carbocycles. The van der Waals surface area contributed by atoms with Crippen molar-refractivity contribution in [3.63, 3.8) is 0 Å². The number of halogens is 1. The van der Waals surface area contributed by atoms with Crippen LogP contribution in [0.25, 0.3) is 16.7 Å². The number of hydrogen-bond acceptors (Lipinski definition) is 6. The van der Waals surface area contributed by atoms with Gasteiger partial charge < -0.3 is 14.7 Å². The molecule has 1 N–H and O–H groups in total. The Morgan fingerprint density at radius 3 is 2.28 bits per heavy atom. The second-order valence-corrected chi connectivity index (χ2v) is 12.1. The minimum Gasteiger partial charge on any atom is -0.476 e. The Morgan fingerprint density at radius 2 is 1.72 bits per heavy atom. The van der Waals surface area contributed by atoms with Crippen LogP contribution >= 0.6 is 0 Å². The molecule has 3 aliphatic heterocycles. The van der Waals surface area contributed by atoms with Crippen molar-refractivity contribution in [3.8, 4) is 5.69 Å². The maximum atomic E-state index is 13.7. The van der Waals surface area contributed by atoms with Crippen LogP contribution in [0.5, 0.6) is 0 Å². The number of benzene rings is 1. The molecule has 9 heteroatoms. The number of piperidine rings is 2. The number of fused-ring (bicyclic) bond motifs is 1. The van der Waals surface area contributed by atoms with Crippen LogP contribution < -0.4 is 4.90 Å². The molecule has 5 heterocycles. The number of carbonyl (C=O) groups is 1. The monoisotopic (exact) mass is 533 g/mol. The number of nitrogens with zero attached hydrogens (tertiary/aromatic N) is 5. The molecule has 39 heavy (non-hydrogen) atoms. The molecule has 2 aromatic heterocycles. The molecule has 0 bridgehead atoms. The van der Waals surface area contributed by atoms with Gasteiger partial charge in [0.05, 0.1) is 41.7 Å². The van der Waals surface area contributed by atoms with Crippen molar-refractivity contribution in [1.29, 1.82) is 0 Å². The molecule has 0 radical (unpaired) electrons. The van der Waals surface area contributed by atoms with Gasteiger partial charge in [-0.1, -0.05) is 6.42 Å². The van der Waals surface area contributed by atoms with Crippen molar-refractivity contribution in [2.75, 3.05) is 44.3 Å². The zero-order chi connectivity index (χ0) is 26.7. The minimum absolute atomic E-state index is 0.0669. The zero-order valence-electron chi connectivity index (χ0n) is 22.5. The van der Waals surface area contributed by atoms with E-state index in [4.69, 9.17) is 9.84 Å². The Balaban J connectivity index is 1.27. The highest BCUT2D eigenvalue weighted by Gasteiger charge is 2.41. The van der Waals surface area contributed by atoms with Crippen LogP contribution in [-0.4, -0.2) is 76.2 Å². The van der Waals surface area contributed by atoms with E-state index in [0.717, 1.165) is 81.8 Å². The van der Waals surface area contributed by atoms with Crippen molar-refractivity contribution in [1.82, 2.24) is 19.7 Å². The Morgan fingerprint density at radius 1 is 1.05 bits per heavy atom. The maximum Gasteiger partial charge on any atom is 0.354 e. The highest BCUT2D eigenvalue weighted by atomic mass is 19.1. The van der Waals surface area contributed by atoms with Crippen LogP contribution in [-0.2, 0) is 4.74 Å². The largest absolute Gasteiger partial charge is 0.476 e. The molecule has 1 aliphatic carbocycles. The van der Waals surface area contributed by atoms with Gasteiger partial charge in [-0.15, -0.1) is 0 Å². The Labute approximate surface area is 227 Å². The maximum absolute atomic E-state index is 13.7. The molecule has 4 aliphatic rings. The number of anilines is 1. The quantitative estimate of drug-likeness (QED) is 0.499. The van der Waals surface area contributed by atoms with Crippen LogP contribution in [0.15, 0.2) is 24.3 Å². The number of carboxylic acid groups (broad SMARTS) is 1. The average molecular weight is 534 g/mol. The first-order chi connectivity index (χ1) is 18.9. The van der Waals surface area contributed by atoms with Gasteiger partial charge in [0, 0.05) is 24.6 Å². The Kier molecular flexibility index (Phi) is 6.12. The summed E-state index contributed by atoms with van der Waals surface area (Å²) in [6.45, 7) is 7.74. The van der Waals surface area contributed by atoms with Gasteiger partial charge in [0.25, 0.3) is 0 Å². The van der Waals surface area contributed by atoms with E-state index in [9.17, 15) is 14.3 Å². The number of pyridine rings is 1. The number of ether oxygens (including phenoxy) is 1. The lowest BCUT2D eigenvalue weighted by Crippen LogP contribution is -2.55. The predicted octanol–water partition coefficient (Wildman–Crippen LogP) is 4.91. The first-order valence-corrected chi connectivity index (χ1v) is 14.4. The fraction of sp³-hybridized carbons (Fsp3) is 0.567. The molecule has 1 spiro atoms. The summed E-state index contributed by atoms with van der Waals surface area (Å²) in [6.07, 6.45) is 7.97. The van der Waals surface area contributed by atoms with E-state index < -0.39 is 5.97 Å². The SMILES string of the molecule is Cc1c(C(=O)O)nc2c(c(C3CCC3)nn2-c2ccc(F)cc2)c1N1CCC2(CC1)CCN(C1COC1)CC2. The molecule has 0 unspecified atom stereocenters. The topological polar surface area (TPSA) is 83.7 Å². The van der Waals surface area contributed by atoms with E-state index in [1.165, 1.54) is 31.4 Å². The van der Waals surface area contributed by atoms with Crippen molar-refractivity contribution >= 4 is 22.7 Å². The summed E-state index contributed by atoms with van der Waals surface area (Å²) in [4.78, 5) is 22.1. The summed E-state index contributed by atoms with van der Waals surface area (Å²) in [7, 11) is 0. The van der Waals surface area contributed by atoms with Crippen molar-refractivity contribution in [3.05, 3.63) is 47.0 Å². The molecule has 0 atom stereocenters. The van der Waals surface area contributed by atoms with Crippen LogP contribution in [0.1, 0.15) is 72.6 Å². The van der Waals surface area contributed by atoms with E-state index in [1.54, 1.807) is 16.8 Å². The molecule has 206 valence electrons. The minimum atomic E-state index is -1.03. The standard InChI is InChI=1S/C30H36FN5O3/c1-19-25(29(37)38)32-28-24(26(20-3-2-4-20)33-36(28)22-7-5-21(31)6-8-22)27(19)35-15-11-30(12-16-35)9-13-34(14-10-30)23-17-39-18-23/h5-8,20,23H,2-4,9-18H2,1H3,(H,37,38). The van der Waals surface area contributed by atoms with Gasteiger partial charge in [0.15, 0.2) is 11.3 Å². The van der Waals surface area contributed by atoms with Gasteiger partial charge in [0.2, 0.25) is 0 Å². The predicted molar refractivity (Wildman–Crippen MR) is 146 cm³/mol. The molecular weight excluding hydrogens is 497 g/mol. The number of aromatic carboxylic acids is 1. The highest BCUT2D eigenvalue weighted by Crippen LogP contribution is 2.47. The zero-order valence-corrected chi connectivity index (χ0v) is 22.5. The molecule has 7 rings (SSSR count). The first-order valence-electron chi connectivity index (χ1n) is 14.4.